The molecule has 1 aromatic heterocycles. The van der Waals surface area contributed by atoms with Crippen molar-refractivity contribution in [3.05, 3.63) is 11.4 Å². The second kappa shape index (κ2) is 4.12. The second-order valence-electron chi connectivity index (χ2n) is 2.47. The van der Waals surface area contributed by atoms with Gasteiger partial charge in [0, 0.05) is 0 Å². The van der Waals surface area contributed by atoms with Crippen molar-refractivity contribution in [2.24, 2.45) is 0 Å². The number of aryl methyl sites for hydroxylation is 1. The molecule has 0 aromatic carbocycles. The van der Waals surface area contributed by atoms with Gasteiger partial charge in [0.25, 0.3) is 0 Å². The van der Waals surface area contributed by atoms with Crippen LogP contribution >= 0.6 is 0 Å². The Morgan fingerprint density at radius 2 is 2.29 bits per heavy atom. The van der Waals surface area contributed by atoms with E-state index in [4.69, 9.17) is 0 Å². The minimum absolute atomic E-state index is 0.118. The maximum absolute atomic E-state index is 12.3. The van der Waals surface area contributed by atoms with E-state index < -0.39 is 12.5 Å². The Morgan fingerprint density at radius 1 is 1.64 bits per heavy atom. The predicted octanol–water partition coefficient (Wildman–Crippen LogP) is 1.16. The van der Waals surface area contributed by atoms with E-state index >= 15 is 0 Å². The number of hydrogen-bond acceptors (Lipinski definition) is 4. The van der Waals surface area contributed by atoms with Crippen molar-refractivity contribution in [2.45, 2.75) is 20.4 Å². The molecule has 0 aliphatic carbocycles. The van der Waals surface area contributed by atoms with E-state index in [9.17, 15) is 13.6 Å². The zero-order valence-electron chi connectivity index (χ0n) is 7.70. The number of nitrogens with zero attached hydrogens (tertiary/aromatic N) is 3. The zero-order valence-corrected chi connectivity index (χ0v) is 7.70. The van der Waals surface area contributed by atoms with Crippen LogP contribution in [0.1, 0.15) is 29.7 Å². The van der Waals surface area contributed by atoms with E-state index in [1.54, 1.807) is 6.92 Å². The normalized spacial score (nSPS) is 10.6. The van der Waals surface area contributed by atoms with Gasteiger partial charge in [-0.25, -0.2) is 4.79 Å². The first-order chi connectivity index (χ1) is 6.57. The van der Waals surface area contributed by atoms with Gasteiger partial charge in [0.1, 0.15) is 0 Å². The predicted molar refractivity (Wildman–Crippen MR) is 42.0 cm³/mol. The molecule has 0 radical (unpaired) electrons. The lowest BCUT2D eigenvalue weighted by Crippen LogP contribution is -2.14. The fourth-order valence-corrected chi connectivity index (χ4v) is 0.950. The lowest BCUT2D eigenvalue weighted by Gasteiger charge is -2.04. The third-order valence-electron chi connectivity index (χ3n) is 1.52. The van der Waals surface area contributed by atoms with Crippen molar-refractivity contribution < 1.29 is 18.3 Å². The molecule has 0 spiro atoms. The summed E-state index contributed by atoms with van der Waals surface area (Å²) in [6.45, 7) is 0.227. The number of esters is 1. The first kappa shape index (κ1) is 10.6. The van der Waals surface area contributed by atoms with Crippen molar-refractivity contribution in [1.29, 1.82) is 0 Å². The Morgan fingerprint density at radius 3 is 2.79 bits per heavy atom. The maximum Gasteiger partial charge on any atom is 0.358 e. The summed E-state index contributed by atoms with van der Waals surface area (Å²) < 4.78 is 29.4. The van der Waals surface area contributed by atoms with Crippen molar-refractivity contribution in [3.8, 4) is 0 Å². The van der Waals surface area contributed by atoms with Crippen LogP contribution in [0, 0.1) is 6.92 Å². The van der Waals surface area contributed by atoms with Crippen LogP contribution in [0.5, 0.6) is 0 Å². The SMILES string of the molecule is CCOC(=O)c1c(C)nnn1C(F)F. The molecule has 0 saturated carbocycles. The molecule has 1 rings (SSSR count). The number of aromatic nitrogens is 3. The zero-order chi connectivity index (χ0) is 10.7. The first-order valence-electron chi connectivity index (χ1n) is 3.95. The molecule has 0 atom stereocenters. The molecule has 0 aliphatic heterocycles. The van der Waals surface area contributed by atoms with E-state index in [1.165, 1.54) is 6.92 Å². The molecule has 78 valence electrons. The molecule has 1 heterocycles. The molecule has 5 nitrogen and oxygen atoms in total. The maximum atomic E-state index is 12.3. The second-order valence-corrected chi connectivity index (χ2v) is 2.47. The molecular formula is C7H9F2N3O2. The Kier molecular flexibility index (Phi) is 3.10. The average Bonchev–Trinajstić information content (AvgIpc) is 2.47. The van der Waals surface area contributed by atoms with Gasteiger partial charge in [0.05, 0.1) is 12.3 Å². The summed E-state index contributed by atoms with van der Waals surface area (Å²) in [5.41, 5.74) is -0.175. The van der Waals surface area contributed by atoms with Gasteiger partial charge in [-0.2, -0.15) is 13.5 Å². The molecule has 0 saturated heterocycles. The number of carbonyl (C=O) groups is 1. The lowest BCUT2D eigenvalue weighted by molar-refractivity contribution is 0.0348. The number of halogens is 2. The third-order valence-corrected chi connectivity index (χ3v) is 1.52. The first-order valence-corrected chi connectivity index (χ1v) is 3.95. The molecule has 7 heteroatoms. The van der Waals surface area contributed by atoms with Crippen molar-refractivity contribution >= 4 is 5.97 Å². The Bertz CT molecular complexity index is 338. The molecule has 14 heavy (non-hydrogen) atoms. The van der Waals surface area contributed by atoms with Crippen LogP contribution in [0.15, 0.2) is 0 Å². The fourth-order valence-electron chi connectivity index (χ4n) is 0.950. The smallest absolute Gasteiger partial charge is 0.358 e. The minimum atomic E-state index is -2.89. The lowest BCUT2D eigenvalue weighted by atomic mass is 10.3. The molecule has 0 amide bonds. The molecule has 0 N–H and O–H groups in total. The van der Waals surface area contributed by atoms with Crippen LogP contribution in [-0.2, 0) is 4.74 Å². The minimum Gasteiger partial charge on any atom is -0.461 e. The van der Waals surface area contributed by atoms with E-state index in [-0.39, 0.29) is 22.7 Å². The standard InChI is InChI=1S/C7H9F2N3O2/c1-3-14-6(13)5-4(2)10-11-12(5)7(8)9/h7H,3H2,1-2H3. The van der Waals surface area contributed by atoms with Crippen molar-refractivity contribution in [3.63, 3.8) is 0 Å². The van der Waals surface area contributed by atoms with Gasteiger partial charge in [-0.15, -0.1) is 5.10 Å². The summed E-state index contributed by atoms with van der Waals surface area (Å²) in [7, 11) is 0. The van der Waals surface area contributed by atoms with Crippen LogP contribution in [0.4, 0.5) is 8.78 Å². The summed E-state index contributed by atoms with van der Waals surface area (Å²) in [5, 5.41) is 6.51. The number of rotatable bonds is 3. The Balaban J connectivity index is 3.04. The van der Waals surface area contributed by atoms with E-state index in [2.05, 4.69) is 15.0 Å². The van der Waals surface area contributed by atoms with Crippen molar-refractivity contribution in [1.82, 2.24) is 15.0 Å². The van der Waals surface area contributed by atoms with Gasteiger partial charge in [-0.1, -0.05) is 5.21 Å². The topological polar surface area (TPSA) is 57.0 Å². The van der Waals surface area contributed by atoms with Gasteiger partial charge >= 0.3 is 12.5 Å². The third kappa shape index (κ3) is 1.86. The van der Waals surface area contributed by atoms with Gasteiger partial charge in [-0.3, -0.25) is 0 Å². The fraction of sp³-hybridized carbons (Fsp3) is 0.571. The summed E-state index contributed by atoms with van der Waals surface area (Å²) in [6, 6.07) is 0. The highest BCUT2D eigenvalue weighted by molar-refractivity contribution is 5.88. The number of alkyl halides is 2. The summed E-state index contributed by atoms with van der Waals surface area (Å²) >= 11 is 0. The average molecular weight is 205 g/mol. The summed E-state index contributed by atoms with van der Waals surface area (Å²) in [5.74, 6) is -0.838. The van der Waals surface area contributed by atoms with E-state index in [0.29, 0.717) is 0 Å². The van der Waals surface area contributed by atoms with Crippen molar-refractivity contribution in [2.75, 3.05) is 6.61 Å². The Hall–Kier alpha value is -1.53. The van der Waals surface area contributed by atoms with Crippen LogP contribution < -0.4 is 0 Å². The Labute approximate surface area is 78.7 Å². The van der Waals surface area contributed by atoms with Crippen LogP contribution in [-0.4, -0.2) is 27.6 Å². The van der Waals surface area contributed by atoms with Crippen LogP contribution in [0.3, 0.4) is 0 Å². The number of hydrogen-bond donors (Lipinski definition) is 0. The number of ether oxygens (including phenoxy) is 1. The highest BCUT2D eigenvalue weighted by atomic mass is 19.3. The summed E-state index contributed by atoms with van der Waals surface area (Å²) in [6.07, 6.45) is 0. The number of carbonyl (C=O) groups excluding carboxylic acids is 1. The largest absolute Gasteiger partial charge is 0.461 e. The quantitative estimate of drug-likeness (QED) is 0.695. The molecule has 0 bridgehead atoms. The monoisotopic (exact) mass is 205 g/mol. The highest BCUT2D eigenvalue weighted by Crippen LogP contribution is 2.14. The van der Waals surface area contributed by atoms with Gasteiger partial charge in [0.15, 0.2) is 5.69 Å². The molecule has 0 unspecified atom stereocenters. The van der Waals surface area contributed by atoms with E-state index in [1.807, 2.05) is 0 Å². The highest BCUT2D eigenvalue weighted by Gasteiger charge is 2.23. The molecular weight excluding hydrogens is 196 g/mol. The van der Waals surface area contributed by atoms with E-state index in [0.717, 1.165) is 0 Å². The molecule has 0 fully saturated rings. The molecule has 0 aliphatic rings. The van der Waals surface area contributed by atoms with Gasteiger partial charge in [0.2, 0.25) is 0 Å². The van der Waals surface area contributed by atoms with Crippen LogP contribution in [0.2, 0.25) is 0 Å². The molecule has 1 aromatic rings. The van der Waals surface area contributed by atoms with Gasteiger partial charge < -0.3 is 4.74 Å². The van der Waals surface area contributed by atoms with Gasteiger partial charge in [-0.05, 0) is 13.8 Å². The summed E-state index contributed by atoms with van der Waals surface area (Å²) in [4.78, 5) is 11.2. The van der Waals surface area contributed by atoms with Crippen LogP contribution in [0.25, 0.3) is 0 Å².